The Kier molecular flexibility index (Phi) is 4.71. The monoisotopic (exact) mass is 356 g/mol. The third kappa shape index (κ3) is 4.39. The fourth-order valence-corrected chi connectivity index (χ4v) is 2.21. The van der Waals surface area contributed by atoms with Crippen LogP contribution in [0.2, 0.25) is 5.28 Å². The molecule has 0 saturated carbocycles. The highest BCUT2D eigenvalue weighted by Gasteiger charge is 2.09. The van der Waals surface area contributed by atoms with Gasteiger partial charge in [-0.15, -0.1) is 0 Å². The van der Waals surface area contributed by atoms with Crippen LogP contribution in [0.4, 0.5) is 29.0 Å². The standard InChI is InChI=1S/C16H13ClN6O2/c1-10-5-7-11(8-6-10)18-15-20-14(17)21-16(22-15)19-12-3-2-4-13(9-12)23(24)25/h2-9H,1H3,(H2,18,19,20,21,22). The van der Waals surface area contributed by atoms with Crippen molar-refractivity contribution in [1.29, 1.82) is 0 Å². The minimum absolute atomic E-state index is 0.00228. The molecule has 0 amide bonds. The molecule has 3 rings (SSSR count). The second kappa shape index (κ2) is 7.10. The van der Waals surface area contributed by atoms with Gasteiger partial charge in [0.25, 0.3) is 5.69 Å². The number of nitro groups is 1. The number of anilines is 4. The predicted octanol–water partition coefficient (Wildman–Crippen LogP) is 4.23. The Morgan fingerprint density at radius 2 is 1.60 bits per heavy atom. The molecule has 0 aliphatic heterocycles. The van der Waals surface area contributed by atoms with Gasteiger partial charge in [-0.2, -0.15) is 15.0 Å². The zero-order valence-corrected chi connectivity index (χ0v) is 13.9. The lowest BCUT2D eigenvalue weighted by atomic mass is 10.2. The molecule has 0 atom stereocenters. The van der Waals surface area contributed by atoms with Crippen LogP contribution in [0.25, 0.3) is 0 Å². The van der Waals surface area contributed by atoms with Crippen molar-refractivity contribution in [2.45, 2.75) is 6.92 Å². The number of hydrogen-bond acceptors (Lipinski definition) is 7. The average molecular weight is 357 g/mol. The zero-order chi connectivity index (χ0) is 17.8. The van der Waals surface area contributed by atoms with E-state index in [4.69, 9.17) is 11.6 Å². The second-order valence-electron chi connectivity index (χ2n) is 5.18. The number of non-ortho nitro benzene ring substituents is 1. The van der Waals surface area contributed by atoms with Gasteiger partial charge in [-0.25, -0.2) is 0 Å². The first-order valence-corrected chi connectivity index (χ1v) is 7.64. The lowest BCUT2D eigenvalue weighted by molar-refractivity contribution is -0.384. The summed E-state index contributed by atoms with van der Waals surface area (Å²) in [6.07, 6.45) is 0. The molecule has 0 aliphatic carbocycles. The van der Waals surface area contributed by atoms with Crippen LogP contribution in [0.5, 0.6) is 0 Å². The van der Waals surface area contributed by atoms with Crippen molar-refractivity contribution in [2.24, 2.45) is 0 Å². The van der Waals surface area contributed by atoms with E-state index in [9.17, 15) is 10.1 Å². The summed E-state index contributed by atoms with van der Waals surface area (Å²) in [6.45, 7) is 1.99. The molecular weight excluding hydrogens is 344 g/mol. The van der Waals surface area contributed by atoms with Gasteiger partial charge in [0.2, 0.25) is 17.2 Å². The molecule has 0 aliphatic rings. The first-order chi connectivity index (χ1) is 12.0. The Morgan fingerprint density at radius 3 is 2.24 bits per heavy atom. The fraction of sp³-hybridized carbons (Fsp3) is 0.0625. The molecular formula is C16H13ClN6O2. The van der Waals surface area contributed by atoms with E-state index in [-0.39, 0.29) is 22.9 Å². The van der Waals surface area contributed by atoms with Gasteiger partial charge < -0.3 is 10.6 Å². The zero-order valence-electron chi connectivity index (χ0n) is 13.1. The van der Waals surface area contributed by atoms with Crippen LogP contribution in [-0.2, 0) is 0 Å². The topological polar surface area (TPSA) is 106 Å². The summed E-state index contributed by atoms with van der Waals surface area (Å²) in [5.74, 6) is 0.437. The number of halogens is 1. The molecule has 0 spiro atoms. The molecule has 2 aromatic carbocycles. The Balaban J connectivity index is 1.83. The number of hydrogen-bond donors (Lipinski definition) is 2. The molecule has 2 N–H and O–H groups in total. The predicted molar refractivity (Wildman–Crippen MR) is 95.7 cm³/mol. The number of rotatable bonds is 5. The van der Waals surface area contributed by atoms with Crippen molar-refractivity contribution in [3.63, 3.8) is 0 Å². The SMILES string of the molecule is Cc1ccc(Nc2nc(Cl)nc(Nc3cccc([N+](=O)[O-])c3)n2)cc1. The van der Waals surface area contributed by atoms with E-state index in [0.717, 1.165) is 11.3 Å². The summed E-state index contributed by atoms with van der Waals surface area (Å²) in [7, 11) is 0. The second-order valence-corrected chi connectivity index (χ2v) is 5.51. The quantitative estimate of drug-likeness (QED) is 0.520. The minimum atomic E-state index is -0.476. The summed E-state index contributed by atoms with van der Waals surface area (Å²) in [6, 6.07) is 13.7. The highest BCUT2D eigenvalue weighted by Crippen LogP contribution is 2.22. The van der Waals surface area contributed by atoms with Crippen LogP contribution >= 0.6 is 11.6 Å². The highest BCUT2D eigenvalue weighted by molar-refractivity contribution is 6.28. The van der Waals surface area contributed by atoms with Gasteiger partial charge in [-0.1, -0.05) is 23.8 Å². The summed E-state index contributed by atoms with van der Waals surface area (Å²) in [4.78, 5) is 22.6. The van der Waals surface area contributed by atoms with Gasteiger partial charge in [0.15, 0.2) is 0 Å². The number of benzene rings is 2. The molecule has 25 heavy (non-hydrogen) atoms. The molecule has 0 fully saturated rings. The summed E-state index contributed by atoms with van der Waals surface area (Å²) in [5.41, 5.74) is 2.36. The molecule has 9 heteroatoms. The van der Waals surface area contributed by atoms with E-state index in [1.54, 1.807) is 12.1 Å². The maximum atomic E-state index is 10.8. The van der Waals surface area contributed by atoms with Crippen molar-refractivity contribution in [2.75, 3.05) is 10.6 Å². The van der Waals surface area contributed by atoms with Crippen LogP contribution in [0.15, 0.2) is 48.5 Å². The normalized spacial score (nSPS) is 10.3. The van der Waals surface area contributed by atoms with Gasteiger partial charge in [-0.3, -0.25) is 10.1 Å². The summed E-state index contributed by atoms with van der Waals surface area (Å²) >= 11 is 5.94. The molecule has 1 heterocycles. The number of aryl methyl sites for hydroxylation is 1. The number of aromatic nitrogens is 3. The van der Waals surface area contributed by atoms with E-state index in [0.29, 0.717) is 5.69 Å². The maximum Gasteiger partial charge on any atom is 0.271 e. The van der Waals surface area contributed by atoms with Crippen LogP contribution in [0.1, 0.15) is 5.56 Å². The molecule has 0 saturated heterocycles. The van der Waals surface area contributed by atoms with Crippen molar-refractivity contribution in [1.82, 2.24) is 15.0 Å². The van der Waals surface area contributed by atoms with Gasteiger partial charge >= 0.3 is 0 Å². The Bertz CT molecular complexity index is 917. The lowest BCUT2D eigenvalue weighted by Crippen LogP contribution is -2.04. The molecule has 0 unspecified atom stereocenters. The largest absolute Gasteiger partial charge is 0.324 e. The Morgan fingerprint density at radius 1 is 0.960 bits per heavy atom. The molecule has 3 aromatic rings. The van der Waals surface area contributed by atoms with Gasteiger partial charge in [0.1, 0.15) is 0 Å². The van der Waals surface area contributed by atoms with E-state index in [1.165, 1.54) is 12.1 Å². The van der Waals surface area contributed by atoms with Crippen LogP contribution in [0.3, 0.4) is 0 Å². The van der Waals surface area contributed by atoms with Crippen molar-refractivity contribution < 1.29 is 4.92 Å². The number of nitrogens with zero attached hydrogens (tertiary/aromatic N) is 4. The molecule has 8 nitrogen and oxygen atoms in total. The van der Waals surface area contributed by atoms with Crippen molar-refractivity contribution >= 4 is 40.6 Å². The Hall–Kier alpha value is -3.26. The van der Waals surface area contributed by atoms with E-state index in [1.807, 2.05) is 31.2 Å². The average Bonchev–Trinajstić information content (AvgIpc) is 2.57. The number of nitrogens with one attached hydrogen (secondary N) is 2. The molecule has 0 radical (unpaired) electrons. The molecule has 0 bridgehead atoms. The Labute approximate surface area is 148 Å². The smallest absolute Gasteiger partial charge is 0.271 e. The molecule has 126 valence electrons. The summed E-state index contributed by atoms with van der Waals surface area (Å²) < 4.78 is 0. The van der Waals surface area contributed by atoms with Crippen molar-refractivity contribution in [3.8, 4) is 0 Å². The third-order valence-corrected chi connectivity index (χ3v) is 3.40. The van der Waals surface area contributed by atoms with Crippen LogP contribution < -0.4 is 10.6 Å². The van der Waals surface area contributed by atoms with Crippen molar-refractivity contribution in [3.05, 3.63) is 69.5 Å². The third-order valence-electron chi connectivity index (χ3n) is 3.23. The first-order valence-electron chi connectivity index (χ1n) is 7.26. The van der Waals surface area contributed by atoms with Gasteiger partial charge in [-0.05, 0) is 36.7 Å². The van der Waals surface area contributed by atoms with Crippen LogP contribution in [-0.4, -0.2) is 19.9 Å². The van der Waals surface area contributed by atoms with Gasteiger partial charge in [0.05, 0.1) is 4.92 Å². The molecule has 1 aromatic heterocycles. The van der Waals surface area contributed by atoms with E-state index < -0.39 is 4.92 Å². The maximum absolute atomic E-state index is 10.8. The fourth-order valence-electron chi connectivity index (χ4n) is 2.05. The highest BCUT2D eigenvalue weighted by atomic mass is 35.5. The van der Waals surface area contributed by atoms with E-state index in [2.05, 4.69) is 25.6 Å². The summed E-state index contributed by atoms with van der Waals surface area (Å²) in [5, 5.41) is 16.8. The first kappa shape index (κ1) is 16.6. The van der Waals surface area contributed by atoms with Gasteiger partial charge in [0, 0.05) is 23.5 Å². The van der Waals surface area contributed by atoms with E-state index >= 15 is 0 Å². The minimum Gasteiger partial charge on any atom is -0.324 e. The lowest BCUT2D eigenvalue weighted by Gasteiger charge is -2.08. The number of nitro benzene ring substituents is 1. The van der Waals surface area contributed by atoms with Crippen LogP contribution in [0, 0.1) is 17.0 Å².